The van der Waals surface area contributed by atoms with Gasteiger partial charge >= 0.3 is 0 Å². The monoisotopic (exact) mass is 145 g/mol. The van der Waals surface area contributed by atoms with E-state index < -0.39 is 0 Å². The quantitative estimate of drug-likeness (QED) is 0.634. The zero-order valence-electron chi connectivity index (χ0n) is 7.26. The van der Waals surface area contributed by atoms with Gasteiger partial charge in [0.25, 0.3) is 0 Å². The first-order chi connectivity index (χ1) is 4.72. The summed E-state index contributed by atoms with van der Waals surface area (Å²) in [7, 11) is 1.69. The van der Waals surface area contributed by atoms with Crippen LogP contribution < -0.4 is 5.73 Å². The van der Waals surface area contributed by atoms with E-state index in [4.69, 9.17) is 10.5 Å². The van der Waals surface area contributed by atoms with Crippen LogP contribution in [-0.2, 0) is 4.74 Å². The van der Waals surface area contributed by atoms with Gasteiger partial charge in [-0.25, -0.2) is 0 Å². The highest BCUT2D eigenvalue weighted by molar-refractivity contribution is 4.67. The van der Waals surface area contributed by atoms with E-state index in [2.05, 4.69) is 13.8 Å². The maximum absolute atomic E-state index is 5.79. The Hall–Kier alpha value is -0.0800. The second-order valence-electron chi connectivity index (χ2n) is 2.89. The van der Waals surface area contributed by atoms with Crippen LogP contribution in [0.4, 0.5) is 0 Å². The average molecular weight is 145 g/mol. The minimum atomic E-state index is 0.213. The van der Waals surface area contributed by atoms with Crippen molar-refractivity contribution in [3.05, 3.63) is 0 Å². The van der Waals surface area contributed by atoms with Crippen LogP contribution in [0.3, 0.4) is 0 Å². The van der Waals surface area contributed by atoms with Crippen LogP contribution in [0.25, 0.3) is 0 Å². The van der Waals surface area contributed by atoms with Crippen LogP contribution in [-0.4, -0.2) is 19.8 Å². The SMILES string of the molecule is CCCC(C)C(N)COC. The van der Waals surface area contributed by atoms with Gasteiger partial charge in [-0.2, -0.15) is 0 Å². The molecule has 0 amide bonds. The third-order valence-electron chi connectivity index (χ3n) is 1.83. The first kappa shape index (κ1) is 9.92. The van der Waals surface area contributed by atoms with Crippen molar-refractivity contribution in [1.29, 1.82) is 0 Å². The van der Waals surface area contributed by atoms with Gasteiger partial charge in [0.1, 0.15) is 0 Å². The molecule has 2 atom stereocenters. The number of hydrogen-bond donors (Lipinski definition) is 1. The topological polar surface area (TPSA) is 35.2 Å². The van der Waals surface area contributed by atoms with E-state index in [0.717, 1.165) is 0 Å². The lowest BCUT2D eigenvalue weighted by Crippen LogP contribution is -2.32. The second kappa shape index (κ2) is 5.69. The summed E-state index contributed by atoms with van der Waals surface area (Å²) in [6, 6.07) is 0.213. The predicted molar refractivity (Wildman–Crippen MR) is 43.9 cm³/mol. The molecule has 0 aromatic rings. The molecule has 0 aliphatic heterocycles. The Labute approximate surface area is 63.7 Å². The minimum absolute atomic E-state index is 0.213. The van der Waals surface area contributed by atoms with Gasteiger partial charge in [0.2, 0.25) is 0 Å². The van der Waals surface area contributed by atoms with Crippen LogP contribution in [0.1, 0.15) is 26.7 Å². The van der Waals surface area contributed by atoms with Gasteiger partial charge in [-0.05, 0) is 12.3 Å². The molecule has 2 nitrogen and oxygen atoms in total. The van der Waals surface area contributed by atoms with E-state index in [1.807, 2.05) is 0 Å². The highest BCUT2D eigenvalue weighted by Gasteiger charge is 2.10. The second-order valence-corrected chi connectivity index (χ2v) is 2.89. The van der Waals surface area contributed by atoms with Crippen molar-refractivity contribution in [3.8, 4) is 0 Å². The molecule has 0 aliphatic rings. The van der Waals surface area contributed by atoms with Crippen LogP contribution in [0.15, 0.2) is 0 Å². The van der Waals surface area contributed by atoms with Crippen molar-refractivity contribution < 1.29 is 4.74 Å². The molecule has 0 aliphatic carbocycles. The molecule has 0 saturated carbocycles. The molecular formula is C8H19NO. The molecule has 0 heterocycles. The number of rotatable bonds is 5. The fraction of sp³-hybridized carbons (Fsp3) is 1.00. The molecule has 0 radical (unpaired) electrons. The third kappa shape index (κ3) is 3.85. The Bertz CT molecular complexity index is 65.7. The van der Waals surface area contributed by atoms with E-state index in [1.165, 1.54) is 12.8 Å². The molecule has 0 aromatic heterocycles. The predicted octanol–water partition coefficient (Wildman–Crippen LogP) is 1.40. The van der Waals surface area contributed by atoms with Crippen LogP contribution in [0, 0.1) is 5.92 Å². The first-order valence-corrected chi connectivity index (χ1v) is 3.96. The minimum Gasteiger partial charge on any atom is -0.383 e. The summed E-state index contributed by atoms with van der Waals surface area (Å²) in [6.45, 7) is 5.03. The normalized spacial score (nSPS) is 16.8. The van der Waals surface area contributed by atoms with Gasteiger partial charge in [0.05, 0.1) is 6.61 Å². The van der Waals surface area contributed by atoms with E-state index in [0.29, 0.717) is 12.5 Å². The van der Waals surface area contributed by atoms with Gasteiger partial charge in [0.15, 0.2) is 0 Å². The van der Waals surface area contributed by atoms with Crippen LogP contribution >= 0.6 is 0 Å². The summed E-state index contributed by atoms with van der Waals surface area (Å²) in [5.41, 5.74) is 5.79. The Morgan fingerprint density at radius 3 is 2.50 bits per heavy atom. The molecule has 0 rings (SSSR count). The number of ether oxygens (including phenoxy) is 1. The summed E-state index contributed by atoms with van der Waals surface area (Å²) in [6.07, 6.45) is 2.41. The highest BCUT2D eigenvalue weighted by atomic mass is 16.5. The van der Waals surface area contributed by atoms with E-state index in [-0.39, 0.29) is 6.04 Å². The zero-order valence-corrected chi connectivity index (χ0v) is 7.26. The van der Waals surface area contributed by atoms with E-state index in [1.54, 1.807) is 7.11 Å². The molecule has 10 heavy (non-hydrogen) atoms. The molecule has 0 aromatic carbocycles. The van der Waals surface area contributed by atoms with Crippen molar-refractivity contribution >= 4 is 0 Å². The van der Waals surface area contributed by atoms with E-state index in [9.17, 15) is 0 Å². The lowest BCUT2D eigenvalue weighted by molar-refractivity contribution is 0.158. The van der Waals surface area contributed by atoms with E-state index >= 15 is 0 Å². The fourth-order valence-electron chi connectivity index (χ4n) is 1.03. The van der Waals surface area contributed by atoms with Crippen molar-refractivity contribution in [2.75, 3.05) is 13.7 Å². The summed E-state index contributed by atoms with van der Waals surface area (Å²) >= 11 is 0. The standard InChI is InChI=1S/C8H19NO/c1-4-5-7(2)8(9)6-10-3/h7-8H,4-6,9H2,1-3H3. The Kier molecular flexibility index (Phi) is 5.64. The van der Waals surface area contributed by atoms with Crippen molar-refractivity contribution in [2.45, 2.75) is 32.7 Å². The molecule has 2 heteroatoms. The smallest absolute Gasteiger partial charge is 0.0616 e. The number of nitrogens with two attached hydrogens (primary N) is 1. The van der Waals surface area contributed by atoms with Gasteiger partial charge in [-0.1, -0.05) is 20.3 Å². The van der Waals surface area contributed by atoms with Gasteiger partial charge < -0.3 is 10.5 Å². The first-order valence-electron chi connectivity index (χ1n) is 3.96. The van der Waals surface area contributed by atoms with Crippen molar-refractivity contribution in [2.24, 2.45) is 11.7 Å². The largest absolute Gasteiger partial charge is 0.383 e. The van der Waals surface area contributed by atoms with Crippen LogP contribution in [0.2, 0.25) is 0 Å². The molecule has 62 valence electrons. The maximum Gasteiger partial charge on any atom is 0.0616 e. The molecule has 2 unspecified atom stereocenters. The lowest BCUT2D eigenvalue weighted by Gasteiger charge is -2.17. The number of hydrogen-bond acceptors (Lipinski definition) is 2. The maximum atomic E-state index is 5.79. The highest BCUT2D eigenvalue weighted by Crippen LogP contribution is 2.08. The van der Waals surface area contributed by atoms with Gasteiger partial charge in [-0.3, -0.25) is 0 Å². The summed E-state index contributed by atoms with van der Waals surface area (Å²) in [5, 5.41) is 0. The fourth-order valence-corrected chi connectivity index (χ4v) is 1.03. The molecular weight excluding hydrogens is 126 g/mol. The Morgan fingerprint density at radius 1 is 1.50 bits per heavy atom. The Morgan fingerprint density at radius 2 is 2.10 bits per heavy atom. The average Bonchev–Trinajstić information content (AvgIpc) is 1.89. The summed E-state index contributed by atoms with van der Waals surface area (Å²) in [4.78, 5) is 0. The zero-order chi connectivity index (χ0) is 7.98. The summed E-state index contributed by atoms with van der Waals surface area (Å²) in [5.74, 6) is 0.588. The van der Waals surface area contributed by atoms with Crippen LogP contribution in [0.5, 0.6) is 0 Å². The Balaban J connectivity index is 3.38. The molecule has 0 fully saturated rings. The number of methoxy groups -OCH3 is 1. The van der Waals surface area contributed by atoms with Crippen molar-refractivity contribution in [3.63, 3.8) is 0 Å². The summed E-state index contributed by atoms with van der Waals surface area (Å²) < 4.78 is 4.95. The lowest BCUT2D eigenvalue weighted by atomic mass is 9.98. The van der Waals surface area contributed by atoms with Crippen molar-refractivity contribution in [1.82, 2.24) is 0 Å². The van der Waals surface area contributed by atoms with Gasteiger partial charge in [0, 0.05) is 13.2 Å². The molecule has 2 N–H and O–H groups in total. The third-order valence-corrected chi connectivity index (χ3v) is 1.83. The molecule has 0 saturated heterocycles. The molecule has 0 bridgehead atoms. The molecule has 0 spiro atoms. The van der Waals surface area contributed by atoms with Gasteiger partial charge in [-0.15, -0.1) is 0 Å².